The first-order chi connectivity index (χ1) is 9.80. The highest BCUT2D eigenvalue weighted by Gasteiger charge is 2.85. The molecule has 2 heterocycles. The number of Topliss-reactive ketones (excluding diaryl/α,β-unsaturated/α-hetero) is 1. The molecule has 1 saturated carbocycles. The second-order valence-electron chi connectivity index (χ2n) is 10.5. The maximum atomic E-state index is 13.1. The van der Waals surface area contributed by atoms with Crippen molar-refractivity contribution in [3.05, 3.63) is 0 Å². The van der Waals surface area contributed by atoms with Gasteiger partial charge in [-0.2, -0.15) is 0 Å². The first kappa shape index (κ1) is 16.4. The van der Waals surface area contributed by atoms with E-state index in [0.717, 1.165) is 26.1 Å². The highest BCUT2D eigenvalue weighted by atomic mass is 16.1. The lowest BCUT2D eigenvalue weighted by atomic mass is 9.81. The minimum atomic E-state index is -0.260. The van der Waals surface area contributed by atoms with Crippen LogP contribution in [0.2, 0.25) is 0 Å². The average molecular weight is 306 g/mol. The fraction of sp³-hybridized carbons (Fsp3) is 0.947. The molecule has 3 nitrogen and oxygen atoms in total. The summed E-state index contributed by atoms with van der Waals surface area (Å²) in [5, 5.41) is 3.50. The summed E-state index contributed by atoms with van der Waals surface area (Å²) >= 11 is 0. The molecule has 0 amide bonds. The second-order valence-corrected chi connectivity index (χ2v) is 10.5. The minimum absolute atomic E-state index is 0.0477. The number of likely N-dealkylation sites (tertiary alicyclic amines) is 1. The molecular formula is C19H34N2O. The number of hydrogen-bond acceptors (Lipinski definition) is 3. The molecule has 0 aromatic rings. The van der Waals surface area contributed by atoms with E-state index in [1.54, 1.807) is 0 Å². The van der Waals surface area contributed by atoms with Crippen LogP contribution in [-0.2, 0) is 4.79 Å². The van der Waals surface area contributed by atoms with Gasteiger partial charge in [0.25, 0.3) is 0 Å². The molecule has 2 saturated heterocycles. The van der Waals surface area contributed by atoms with Crippen molar-refractivity contribution in [2.45, 2.75) is 73.4 Å². The lowest BCUT2D eigenvalue weighted by molar-refractivity contribution is -0.132. The normalized spacial score (nSPS) is 36.6. The molecule has 126 valence electrons. The van der Waals surface area contributed by atoms with Crippen LogP contribution in [-0.4, -0.2) is 41.9 Å². The van der Waals surface area contributed by atoms with Crippen LogP contribution >= 0.6 is 0 Å². The summed E-state index contributed by atoms with van der Waals surface area (Å²) in [6.45, 7) is 21.2. The highest BCUT2D eigenvalue weighted by molar-refractivity contribution is 5.89. The first-order valence-corrected chi connectivity index (χ1v) is 8.82. The Morgan fingerprint density at radius 3 is 1.91 bits per heavy atom. The van der Waals surface area contributed by atoms with Gasteiger partial charge in [0.2, 0.25) is 0 Å². The van der Waals surface area contributed by atoms with Crippen molar-refractivity contribution < 1.29 is 4.79 Å². The maximum Gasteiger partial charge on any atom is 0.155 e. The number of carbonyl (C=O) groups excluding carboxylic acids is 1. The summed E-state index contributed by atoms with van der Waals surface area (Å²) in [7, 11) is 0. The third-order valence-corrected chi connectivity index (χ3v) is 7.36. The molecule has 0 bridgehead atoms. The first-order valence-electron chi connectivity index (χ1n) is 8.82. The molecule has 0 aromatic heterocycles. The van der Waals surface area contributed by atoms with Crippen molar-refractivity contribution in [2.75, 3.05) is 19.6 Å². The molecule has 1 aliphatic carbocycles. The van der Waals surface area contributed by atoms with Crippen LogP contribution in [0.5, 0.6) is 0 Å². The zero-order valence-electron chi connectivity index (χ0n) is 15.8. The Morgan fingerprint density at radius 1 is 1.05 bits per heavy atom. The van der Waals surface area contributed by atoms with Crippen molar-refractivity contribution in [1.82, 2.24) is 10.2 Å². The van der Waals surface area contributed by atoms with Gasteiger partial charge in [0.1, 0.15) is 0 Å². The summed E-state index contributed by atoms with van der Waals surface area (Å²) in [5.74, 6) is 0.421. The van der Waals surface area contributed by atoms with E-state index in [1.165, 1.54) is 0 Å². The number of ketones is 1. The Bertz CT molecular complexity index is 505. The van der Waals surface area contributed by atoms with Gasteiger partial charge >= 0.3 is 0 Å². The Kier molecular flexibility index (Phi) is 3.11. The van der Waals surface area contributed by atoms with Crippen LogP contribution < -0.4 is 5.32 Å². The van der Waals surface area contributed by atoms with Crippen LogP contribution in [0.4, 0.5) is 0 Å². The van der Waals surface area contributed by atoms with Gasteiger partial charge in [-0.25, -0.2) is 0 Å². The van der Waals surface area contributed by atoms with Crippen molar-refractivity contribution in [3.63, 3.8) is 0 Å². The van der Waals surface area contributed by atoms with Crippen molar-refractivity contribution in [3.8, 4) is 0 Å². The molecule has 3 heteroatoms. The second kappa shape index (κ2) is 4.16. The Hall–Kier alpha value is -0.410. The Balaban J connectivity index is 1.96. The monoisotopic (exact) mass is 306 g/mol. The van der Waals surface area contributed by atoms with Crippen molar-refractivity contribution in [1.29, 1.82) is 0 Å². The summed E-state index contributed by atoms with van der Waals surface area (Å²) < 4.78 is 0. The predicted octanol–water partition coefficient (Wildman–Crippen LogP) is 3.09. The molecule has 0 radical (unpaired) electrons. The van der Waals surface area contributed by atoms with Gasteiger partial charge in [-0.05, 0) is 38.0 Å². The number of fused-ring (bicyclic) bond motifs is 1. The van der Waals surface area contributed by atoms with Gasteiger partial charge < -0.3 is 5.32 Å². The van der Waals surface area contributed by atoms with E-state index >= 15 is 0 Å². The molecular weight excluding hydrogens is 272 g/mol. The topological polar surface area (TPSA) is 32.3 Å². The van der Waals surface area contributed by atoms with Crippen LogP contribution in [0.3, 0.4) is 0 Å². The molecule has 3 fully saturated rings. The molecule has 1 N–H and O–H groups in total. The van der Waals surface area contributed by atoms with E-state index in [1.807, 2.05) is 0 Å². The van der Waals surface area contributed by atoms with Crippen molar-refractivity contribution in [2.24, 2.45) is 21.7 Å². The number of rotatable bonds is 1. The SMILES string of the molecule is CC(C)(C)C(=O)[C@@H]1C[C@]2(CN1C(C)(C)C)C(C)(C)C21CNC1. The zero-order valence-corrected chi connectivity index (χ0v) is 15.8. The molecule has 2 aliphatic heterocycles. The van der Waals surface area contributed by atoms with Gasteiger partial charge in [-0.15, -0.1) is 0 Å². The number of nitrogens with one attached hydrogen (secondary N) is 1. The van der Waals surface area contributed by atoms with Crippen LogP contribution in [0.15, 0.2) is 0 Å². The fourth-order valence-electron chi connectivity index (χ4n) is 5.56. The van der Waals surface area contributed by atoms with Gasteiger partial charge in [0.15, 0.2) is 5.78 Å². The summed E-state index contributed by atoms with van der Waals surface area (Å²) in [6.07, 6.45) is 1.05. The lowest BCUT2D eigenvalue weighted by Gasteiger charge is -2.38. The smallest absolute Gasteiger partial charge is 0.155 e. The van der Waals surface area contributed by atoms with Crippen LogP contribution in [0.1, 0.15) is 61.8 Å². The summed E-state index contributed by atoms with van der Waals surface area (Å²) in [6, 6.07) is 0.0826. The van der Waals surface area contributed by atoms with E-state index < -0.39 is 0 Å². The molecule has 0 unspecified atom stereocenters. The van der Waals surface area contributed by atoms with Gasteiger partial charge in [0.05, 0.1) is 6.04 Å². The summed E-state index contributed by atoms with van der Waals surface area (Å²) in [5.41, 5.74) is 0.887. The van der Waals surface area contributed by atoms with Gasteiger partial charge in [-0.3, -0.25) is 9.69 Å². The number of carbonyl (C=O) groups is 1. The fourth-order valence-corrected chi connectivity index (χ4v) is 5.56. The zero-order chi connectivity index (χ0) is 16.8. The molecule has 2 atom stereocenters. The molecule has 0 aromatic carbocycles. The molecule has 22 heavy (non-hydrogen) atoms. The largest absolute Gasteiger partial charge is 0.315 e. The highest BCUT2D eigenvalue weighted by Crippen LogP contribution is 2.83. The standard InChI is InChI=1S/C19H34N2O/c1-15(2,3)14(22)13-9-18(12-21(13)16(4,5)6)17(7,8)19(18)10-20-11-19/h13,20H,9-12H2,1-8H3/t13-,18-/m0/s1. The number of nitrogens with zero attached hydrogens (tertiary/aromatic N) is 1. The van der Waals surface area contributed by atoms with E-state index in [4.69, 9.17) is 0 Å². The minimum Gasteiger partial charge on any atom is -0.315 e. The van der Waals surface area contributed by atoms with E-state index in [-0.39, 0.29) is 17.0 Å². The van der Waals surface area contributed by atoms with Crippen LogP contribution in [0.25, 0.3) is 0 Å². The third-order valence-electron chi connectivity index (χ3n) is 7.36. The average Bonchev–Trinajstić information content (AvgIpc) is 2.58. The van der Waals surface area contributed by atoms with Crippen molar-refractivity contribution >= 4 is 5.78 Å². The summed E-state index contributed by atoms with van der Waals surface area (Å²) in [4.78, 5) is 15.6. The molecule has 3 aliphatic rings. The third kappa shape index (κ3) is 1.73. The van der Waals surface area contributed by atoms with Gasteiger partial charge in [-0.1, -0.05) is 34.6 Å². The van der Waals surface area contributed by atoms with E-state index in [9.17, 15) is 4.79 Å². The quantitative estimate of drug-likeness (QED) is 0.808. The maximum absolute atomic E-state index is 13.1. The Morgan fingerprint density at radius 2 is 1.59 bits per heavy atom. The predicted molar refractivity (Wildman–Crippen MR) is 90.8 cm³/mol. The number of hydrogen-bond donors (Lipinski definition) is 1. The van der Waals surface area contributed by atoms with Crippen LogP contribution in [0, 0.1) is 21.7 Å². The molecule has 2 spiro atoms. The lowest BCUT2D eigenvalue weighted by Crippen LogP contribution is -2.51. The van der Waals surface area contributed by atoms with E-state index in [0.29, 0.717) is 22.0 Å². The molecule has 3 rings (SSSR count). The van der Waals surface area contributed by atoms with Gasteiger partial charge in [0, 0.05) is 36.0 Å². The Labute approximate surface area is 136 Å². The van der Waals surface area contributed by atoms with E-state index in [2.05, 4.69) is 65.6 Å².